The standard InChI is InChI=1S/C45H34N2S/c1-3-16-31-29(13-1)15-11-20-34(31)43-36-19-6-9-25-41(36)46-44(47-43)35-21-12-24-40-37(35)28-48-42-26-10-2-14-30(42)27-45(40)38-22-7-4-17-32(38)33-18-5-8-23-39(33)45/h1-26,43-44,46-47H,27-28H2. The van der Waals surface area contributed by atoms with Gasteiger partial charge in [-0.15, -0.1) is 11.8 Å². The third kappa shape index (κ3) is 4.11. The summed E-state index contributed by atoms with van der Waals surface area (Å²) in [5.41, 5.74) is 14.6. The first-order valence-electron chi connectivity index (χ1n) is 16.9. The Bertz CT molecular complexity index is 2320. The molecule has 0 fully saturated rings. The Kier molecular flexibility index (Phi) is 6.40. The number of fused-ring (bicyclic) bond motifs is 10. The molecule has 1 aliphatic carbocycles. The quantitative estimate of drug-likeness (QED) is 0.198. The summed E-state index contributed by atoms with van der Waals surface area (Å²) in [6, 6.07) is 58.7. The fourth-order valence-electron chi connectivity index (χ4n) is 8.82. The number of nitrogens with one attached hydrogen (secondary N) is 2. The van der Waals surface area contributed by atoms with Crippen molar-refractivity contribution >= 4 is 28.2 Å². The van der Waals surface area contributed by atoms with Crippen LogP contribution in [0.3, 0.4) is 0 Å². The molecule has 2 N–H and O–H groups in total. The zero-order valence-corrected chi connectivity index (χ0v) is 27.3. The lowest BCUT2D eigenvalue weighted by atomic mass is 9.66. The van der Waals surface area contributed by atoms with E-state index in [1.807, 2.05) is 11.8 Å². The van der Waals surface area contributed by atoms with Crippen molar-refractivity contribution in [3.63, 3.8) is 0 Å². The van der Waals surface area contributed by atoms with Crippen molar-refractivity contribution in [1.29, 1.82) is 0 Å². The molecular formula is C45H34N2S. The average molecular weight is 635 g/mol. The van der Waals surface area contributed by atoms with Crippen LogP contribution < -0.4 is 10.6 Å². The van der Waals surface area contributed by atoms with Crippen molar-refractivity contribution in [3.8, 4) is 11.1 Å². The highest BCUT2D eigenvalue weighted by Crippen LogP contribution is 2.57. The highest BCUT2D eigenvalue weighted by Gasteiger charge is 2.47. The predicted octanol–water partition coefficient (Wildman–Crippen LogP) is 10.8. The Hall–Kier alpha value is -5.09. The molecule has 2 aliphatic heterocycles. The summed E-state index contributed by atoms with van der Waals surface area (Å²) in [5, 5.41) is 10.7. The van der Waals surface area contributed by atoms with Gasteiger partial charge in [-0.25, -0.2) is 0 Å². The van der Waals surface area contributed by atoms with Crippen molar-refractivity contribution in [2.75, 3.05) is 5.32 Å². The number of rotatable bonds is 2. The van der Waals surface area contributed by atoms with Crippen molar-refractivity contribution in [2.24, 2.45) is 0 Å². The van der Waals surface area contributed by atoms with Crippen molar-refractivity contribution in [3.05, 3.63) is 202 Å². The van der Waals surface area contributed by atoms with E-state index >= 15 is 0 Å². The number of anilines is 1. The third-order valence-corrected chi connectivity index (χ3v) is 12.0. The molecule has 2 unspecified atom stereocenters. The summed E-state index contributed by atoms with van der Waals surface area (Å²) in [4.78, 5) is 1.38. The fourth-order valence-corrected chi connectivity index (χ4v) is 9.95. The topological polar surface area (TPSA) is 24.1 Å². The van der Waals surface area contributed by atoms with Crippen LogP contribution in [0.2, 0.25) is 0 Å². The summed E-state index contributed by atoms with van der Waals surface area (Å²) < 4.78 is 0. The molecule has 2 nitrogen and oxygen atoms in total. The van der Waals surface area contributed by atoms with Crippen LogP contribution in [0.4, 0.5) is 5.69 Å². The number of hydrogen-bond acceptors (Lipinski definition) is 3. The number of para-hydroxylation sites is 1. The highest BCUT2D eigenvalue weighted by atomic mass is 32.2. The van der Waals surface area contributed by atoms with Crippen LogP contribution in [0.5, 0.6) is 0 Å². The van der Waals surface area contributed by atoms with Crippen LogP contribution in [0.25, 0.3) is 21.9 Å². The van der Waals surface area contributed by atoms with Crippen LogP contribution in [-0.2, 0) is 17.6 Å². The Morgan fingerprint density at radius 1 is 0.542 bits per heavy atom. The minimum Gasteiger partial charge on any atom is -0.366 e. The van der Waals surface area contributed by atoms with Gasteiger partial charge in [-0.1, -0.05) is 146 Å². The first-order chi connectivity index (χ1) is 23.8. The molecular weight excluding hydrogens is 601 g/mol. The van der Waals surface area contributed by atoms with E-state index in [-0.39, 0.29) is 17.6 Å². The van der Waals surface area contributed by atoms with Crippen molar-refractivity contribution in [2.45, 2.75) is 34.7 Å². The molecule has 7 aromatic carbocycles. The molecule has 2 heterocycles. The maximum absolute atomic E-state index is 4.14. The summed E-state index contributed by atoms with van der Waals surface area (Å²) in [7, 11) is 0. The van der Waals surface area contributed by atoms with Crippen LogP contribution >= 0.6 is 11.8 Å². The molecule has 0 aromatic heterocycles. The molecule has 0 radical (unpaired) electrons. The lowest BCUT2D eigenvalue weighted by Crippen LogP contribution is -2.39. The summed E-state index contributed by atoms with van der Waals surface area (Å²) in [5.74, 6) is 0.898. The van der Waals surface area contributed by atoms with Crippen LogP contribution in [0.15, 0.2) is 163 Å². The Morgan fingerprint density at radius 3 is 2.04 bits per heavy atom. The van der Waals surface area contributed by atoms with E-state index in [1.165, 1.54) is 77.0 Å². The van der Waals surface area contributed by atoms with Gasteiger partial charge in [-0.3, -0.25) is 5.32 Å². The molecule has 48 heavy (non-hydrogen) atoms. The van der Waals surface area contributed by atoms with Crippen molar-refractivity contribution in [1.82, 2.24) is 5.32 Å². The lowest BCUT2D eigenvalue weighted by Gasteiger charge is -2.40. The molecule has 7 aromatic rings. The average Bonchev–Trinajstić information content (AvgIpc) is 3.43. The Labute approximate surface area is 285 Å². The van der Waals surface area contributed by atoms with E-state index in [1.54, 1.807) is 0 Å². The SMILES string of the molecule is c1ccc2c(c1)CC1(c3ccccc3-c3ccccc31)c1cccc(C3Nc4ccccc4C(c4cccc5ccccc45)N3)c1CS2. The molecule has 1 spiro atoms. The number of thioether (sulfide) groups is 1. The highest BCUT2D eigenvalue weighted by molar-refractivity contribution is 7.98. The first kappa shape index (κ1) is 28.0. The number of hydrogen-bond donors (Lipinski definition) is 2. The predicted molar refractivity (Wildman–Crippen MR) is 200 cm³/mol. The van der Waals surface area contributed by atoms with Crippen LogP contribution in [0, 0.1) is 0 Å². The molecule has 2 atom stereocenters. The second-order valence-electron chi connectivity index (χ2n) is 13.3. The first-order valence-corrected chi connectivity index (χ1v) is 17.9. The molecule has 3 aliphatic rings. The minimum absolute atomic E-state index is 0.0400. The van der Waals surface area contributed by atoms with Crippen LogP contribution in [-0.4, -0.2) is 0 Å². The third-order valence-electron chi connectivity index (χ3n) is 10.9. The van der Waals surface area contributed by atoms with Gasteiger partial charge < -0.3 is 5.32 Å². The van der Waals surface area contributed by atoms with E-state index in [2.05, 4.69) is 168 Å². The fraction of sp³-hybridized carbons (Fsp3) is 0.111. The Morgan fingerprint density at radius 2 is 1.17 bits per heavy atom. The maximum atomic E-state index is 4.14. The molecule has 10 rings (SSSR count). The second-order valence-corrected chi connectivity index (χ2v) is 14.3. The normalized spacial score (nSPS) is 18.4. The zero-order valence-electron chi connectivity index (χ0n) is 26.5. The van der Waals surface area contributed by atoms with Gasteiger partial charge in [0, 0.05) is 16.3 Å². The molecule has 0 saturated carbocycles. The maximum Gasteiger partial charge on any atom is 0.104 e. The second kappa shape index (κ2) is 11.0. The summed E-state index contributed by atoms with van der Waals surface area (Å²) in [6.07, 6.45) is 0.853. The molecule has 0 bridgehead atoms. The van der Waals surface area contributed by atoms with Gasteiger partial charge >= 0.3 is 0 Å². The van der Waals surface area contributed by atoms with Gasteiger partial charge in [0.1, 0.15) is 6.17 Å². The summed E-state index contributed by atoms with van der Waals surface area (Å²) >= 11 is 1.98. The molecule has 3 heteroatoms. The van der Waals surface area contributed by atoms with E-state index in [0.29, 0.717) is 0 Å². The van der Waals surface area contributed by atoms with Crippen LogP contribution in [0.1, 0.15) is 56.7 Å². The molecule has 0 amide bonds. The van der Waals surface area contributed by atoms with Gasteiger partial charge in [0.2, 0.25) is 0 Å². The molecule has 0 saturated heterocycles. The van der Waals surface area contributed by atoms with E-state index in [0.717, 1.165) is 12.2 Å². The zero-order chi connectivity index (χ0) is 31.7. The minimum atomic E-state index is -0.294. The smallest absolute Gasteiger partial charge is 0.104 e. The lowest BCUT2D eigenvalue weighted by molar-refractivity contribution is 0.504. The summed E-state index contributed by atoms with van der Waals surface area (Å²) in [6.45, 7) is 0. The van der Waals surface area contributed by atoms with Gasteiger partial charge in [0.05, 0.1) is 11.5 Å². The van der Waals surface area contributed by atoms with Gasteiger partial charge in [-0.2, -0.15) is 0 Å². The van der Waals surface area contributed by atoms with Gasteiger partial charge in [0.15, 0.2) is 0 Å². The van der Waals surface area contributed by atoms with Crippen molar-refractivity contribution < 1.29 is 0 Å². The largest absolute Gasteiger partial charge is 0.366 e. The molecule has 230 valence electrons. The number of benzene rings is 7. The van der Waals surface area contributed by atoms with E-state index < -0.39 is 0 Å². The van der Waals surface area contributed by atoms with Gasteiger partial charge in [-0.05, 0) is 85.0 Å². The van der Waals surface area contributed by atoms with E-state index in [9.17, 15) is 0 Å². The van der Waals surface area contributed by atoms with Gasteiger partial charge in [0.25, 0.3) is 0 Å². The monoisotopic (exact) mass is 634 g/mol. The Balaban J connectivity index is 1.20. The van der Waals surface area contributed by atoms with E-state index in [4.69, 9.17) is 0 Å².